The van der Waals surface area contributed by atoms with Gasteiger partial charge in [-0.3, -0.25) is 9.78 Å². The molecule has 1 aliphatic rings. The van der Waals surface area contributed by atoms with E-state index in [4.69, 9.17) is 10.1 Å². The van der Waals surface area contributed by atoms with Crippen molar-refractivity contribution in [3.8, 4) is 27.5 Å². The first-order valence-electron chi connectivity index (χ1n) is 11.0. The summed E-state index contributed by atoms with van der Waals surface area (Å²) in [5.41, 5.74) is 9.96. The van der Waals surface area contributed by atoms with Gasteiger partial charge in [0, 0.05) is 23.0 Å². The zero-order valence-electron chi connectivity index (χ0n) is 18.9. The number of carbonyl (C=O) groups is 1. The van der Waals surface area contributed by atoms with Gasteiger partial charge in [0.15, 0.2) is 0 Å². The Bertz CT molecular complexity index is 1310. The number of rotatable bonds is 4. The van der Waals surface area contributed by atoms with Crippen LogP contribution in [0.2, 0.25) is 0 Å². The Labute approximate surface area is 192 Å². The molecule has 0 saturated carbocycles. The molecule has 0 spiro atoms. The summed E-state index contributed by atoms with van der Waals surface area (Å²) in [6.45, 7) is 7.89. The van der Waals surface area contributed by atoms with Crippen molar-refractivity contribution in [3.63, 3.8) is 0 Å². The Balaban J connectivity index is 1.81. The van der Waals surface area contributed by atoms with Gasteiger partial charge in [-0.15, -0.1) is 11.3 Å². The zero-order valence-corrected chi connectivity index (χ0v) is 19.7. The SMILES string of the molecule is CC(=O)Cc1nc2c(s1)-c1c(c(-c3ccc(C)nc3)nn1-c1c(C)cccc1C)CCC2. The van der Waals surface area contributed by atoms with Crippen LogP contribution in [0.4, 0.5) is 0 Å². The second-order valence-electron chi connectivity index (χ2n) is 8.63. The van der Waals surface area contributed by atoms with Crippen LogP contribution >= 0.6 is 11.3 Å². The summed E-state index contributed by atoms with van der Waals surface area (Å²) in [4.78, 5) is 22.3. The van der Waals surface area contributed by atoms with Crippen LogP contribution in [0.1, 0.15) is 46.4 Å². The number of para-hydroxylation sites is 1. The largest absolute Gasteiger partial charge is 0.300 e. The quantitative estimate of drug-likeness (QED) is 0.413. The lowest BCUT2D eigenvalue weighted by atomic mass is 10.0. The van der Waals surface area contributed by atoms with Gasteiger partial charge in [-0.2, -0.15) is 5.10 Å². The van der Waals surface area contributed by atoms with Gasteiger partial charge < -0.3 is 0 Å². The lowest BCUT2D eigenvalue weighted by Gasteiger charge is -2.13. The highest BCUT2D eigenvalue weighted by molar-refractivity contribution is 7.15. The van der Waals surface area contributed by atoms with E-state index >= 15 is 0 Å². The second kappa shape index (κ2) is 8.10. The van der Waals surface area contributed by atoms with Crippen LogP contribution in [0.15, 0.2) is 36.5 Å². The molecule has 0 fully saturated rings. The number of aryl methyl sites for hydroxylation is 4. The molecule has 3 heterocycles. The van der Waals surface area contributed by atoms with Crippen molar-refractivity contribution < 1.29 is 4.79 Å². The monoisotopic (exact) mass is 442 g/mol. The van der Waals surface area contributed by atoms with Gasteiger partial charge in [-0.25, -0.2) is 9.67 Å². The van der Waals surface area contributed by atoms with Crippen LogP contribution in [-0.4, -0.2) is 25.5 Å². The smallest absolute Gasteiger partial charge is 0.136 e. The average Bonchev–Trinajstić information content (AvgIpc) is 3.24. The van der Waals surface area contributed by atoms with E-state index in [0.29, 0.717) is 6.42 Å². The highest BCUT2D eigenvalue weighted by atomic mass is 32.1. The fraction of sp³-hybridized carbons (Fsp3) is 0.308. The number of fused-ring (bicyclic) bond motifs is 3. The molecular formula is C26H26N4OS. The third-order valence-corrected chi connectivity index (χ3v) is 7.12. The maximum absolute atomic E-state index is 11.8. The minimum atomic E-state index is 0.142. The molecule has 1 aromatic carbocycles. The van der Waals surface area contributed by atoms with Gasteiger partial charge in [0.2, 0.25) is 0 Å². The first-order valence-corrected chi connectivity index (χ1v) is 11.8. The summed E-state index contributed by atoms with van der Waals surface area (Å²) in [5.74, 6) is 0.142. The summed E-state index contributed by atoms with van der Waals surface area (Å²) < 4.78 is 2.12. The minimum Gasteiger partial charge on any atom is -0.300 e. The summed E-state index contributed by atoms with van der Waals surface area (Å²) >= 11 is 1.64. The van der Waals surface area contributed by atoms with Gasteiger partial charge in [0.05, 0.1) is 34.1 Å². The molecule has 0 aliphatic heterocycles. The topological polar surface area (TPSA) is 60.7 Å². The summed E-state index contributed by atoms with van der Waals surface area (Å²) in [6, 6.07) is 10.5. The number of aromatic nitrogens is 4. The maximum Gasteiger partial charge on any atom is 0.136 e. The summed E-state index contributed by atoms with van der Waals surface area (Å²) in [6.07, 6.45) is 5.17. The number of nitrogens with zero attached hydrogens (tertiary/aromatic N) is 4. The number of pyridine rings is 1. The minimum absolute atomic E-state index is 0.142. The van der Waals surface area contributed by atoms with Crippen LogP contribution in [0.5, 0.6) is 0 Å². The van der Waals surface area contributed by atoms with E-state index in [1.165, 1.54) is 16.7 Å². The van der Waals surface area contributed by atoms with Crippen LogP contribution in [-0.2, 0) is 24.1 Å². The molecule has 0 N–H and O–H groups in total. The van der Waals surface area contributed by atoms with Gasteiger partial charge in [0.25, 0.3) is 0 Å². The predicted octanol–water partition coefficient (Wildman–Crippen LogP) is 5.60. The maximum atomic E-state index is 11.8. The van der Waals surface area contributed by atoms with E-state index < -0.39 is 0 Å². The van der Waals surface area contributed by atoms with E-state index in [1.54, 1.807) is 18.3 Å². The molecule has 3 aromatic heterocycles. The molecule has 5 nitrogen and oxygen atoms in total. The Morgan fingerprint density at radius 2 is 1.88 bits per heavy atom. The van der Waals surface area contributed by atoms with Gasteiger partial charge in [0.1, 0.15) is 10.8 Å². The average molecular weight is 443 g/mol. The van der Waals surface area contributed by atoms with Crippen molar-refractivity contribution in [1.82, 2.24) is 19.7 Å². The van der Waals surface area contributed by atoms with E-state index in [0.717, 1.165) is 63.2 Å². The molecule has 6 heteroatoms. The lowest BCUT2D eigenvalue weighted by molar-refractivity contribution is -0.116. The van der Waals surface area contributed by atoms with Crippen LogP contribution in [0.3, 0.4) is 0 Å². The second-order valence-corrected chi connectivity index (χ2v) is 9.72. The van der Waals surface area contributed by atoms with E-state index in [2.05, 4.69) is 47.8 Å². The molecule has 0 amide bonds. The number of benzene rings is 1. The highest BCUT2D eigenvalue weighted by Crippen LogP contribution is 2.42. The first-order chi connectivity index (χ1) is 15.4. The fourth-order valence-corrected chi connectivity index (χ4v) is 5.78. The molecule has 0 saturated heterocycles. The van der Waals surface area contributed by atoms with E-state index in [-0.39, 0.29) is 5.78 Å². The van der Waals surface area contributed by atoms with Crippen molar-refractivity contribution >= 4 is 17.1 Å². The van der Waals surface area contributed by atoms with Gasteiger partial charge >= 0.3 is 0 Å². The predicted molar refractivity (Wildman–Crippen MR) is 129 cm³/mol. The summed E-state index contributed by atoms with van der Waals surface area (Å²) in [5, 5.41) is 6.07. The molecule has 32 heavy (non-hydrogen) atoms. The first kappa shape index (κ1) is 20.8. The van der Waals surface area contributed by atoms with Crippen molar-refractivity contribution in [2.75, 3.05) is 0 Å². The lowest BCUT2D eigenvalue weighted by Crippen LogP contribution is -2.04. The van der Waals surface area contributed by atoms with Gasteiger partial charge in [-0.1, -0.05) is 18.2 Å². The Hall–Kier alpha value is -3.12. The molecule has 5 rings (SSSR count). The fourth-order valence-electron chi connectivity index (χ4n) is 4.54. The van der Waals surface area contributed by atoms with Crippen molar-refractivity contribution in [3.05, 3.63) is 69.6 Å². The van der Waals surface area contributed by atoms with Crippen LogP contribution < -0.4 is 0 Å². The molecule has 0 radical (unpaired) electrons. The summed E-state index contributed by atoms with van der Waals surface area (Å²) in [7, 11) is 0. The Morgan fingerprint density at radius 3 is 2.56 bits per heavy atom. The standard InChI is InChI=1S/C26H26N4OS/c1-15-7-5-8-16(2)24(15)30-25-20(23(29-30)19-12-11-17(3)27-14-19)9-6-10-21-26(25)32-22(28-21)13-18(4)31/h5,7-8,11-12,14H,6,9-10,13H2,1-4H3. The van der Waals surface area contributed by atoms with Crippen LogP contribution in [0, 0.1) is 20.8 Å². The Morgan fingerprint density at radius 1 is 1.09 bits per heavy atom. The van der Waals surface area contributed by atoms with Crippen molar-refractivity contribution in [1.29, 1.82) is 0 Å². The number of ketones is 1. The molecule has 0 bridgehead atoms. The number of thiazole rings is 1. The zero-order chi connectivity index (χ0) is 22.4. The molecule has 0 atom stereocenters. The van der Waals surface area contributed by atoms with Gasteiger partial charge in [-0.05, 0) is 70.2 Å². The number of hydrogen-bond acceptors (Lipinski definition) is 5. The molecule has 0 unspecified atom stereocenters. The molecule has 162 valence electrons. The van der Waals surface area contributed by atoms with Crippen molar-refractivity contribution in [2.24, 2.45) is 0 Å². The molecule has 1 aliphatic carbocycles. The van der Waals surface area contributed by atoms with Crippen molar-refractivity contribution in [2.45, 2.75) is 53.4 Å². The molecular weight excluding hydrogens is 416 g/mol. The normalized spacial score (nSPS) is 12.9. The number of Topliss-reactive ketones (excluding diaryl/α,β-unsaturated/α-hetero) is 1. The third kappa shape index (κ3) is 3.58. The van der Waals surface area contributed by atoms with E-state index in [1.807, 2.05) is 19.2 Å². The van der Waals surface area contributed by atoms with Crippen LogP contribution in [0.25, 0.3) is 27.5 Å². The Kier molecular flexibility index (Phi) is 5.25. The van der Waals surface area contributed by atoms with E-state index in [9.17, 15) is 4.79 Å². The third-order valence-electron chi connectivity index (χ3n) is 6.02. The molecule has 4 aromatic rings. The number of carbonyl (C=O) groups excluding carboxylic acids is 1. The number of hydrogen-bond donors (Lipinski definition) is 0. The highest BCUT2D eigenvalue weighted by Gasteiger charge is 2.29.